The first kappa shape index (κ1) is 16.5. The highest BCUT2D eigenvalue weighted by Gasteiger charge is 2.24. The van der Waals surface area contributed by atoms with Crippen molar-refractivity contribution in [1.29, 1.82) is 0 Å². The first-order valence-electron chi connectivity index (χ1n) is 6.47. The minimum absolute atomic E-state index is 0.121. The molecule has 0 radical (unpaired) electrons. The third-order valence-electron chi connectivity index (χ3n) is 3.05. The Morgan fingerprint density at radius 2 is 1.50 bits per heavy atom. The maximum Gasteiger partial charge on any atom is 0.264 e. The minimum Gasteiger partial charge on any atom is -0.267 e. The van der Waals surface area contributed by atoms with E-state index in [2.05, 4.69) is 0 Å². The van der Waals surface area contributed by atoms with Crippen molar-refractivity contribution in [3.63, 3.8) is 0 Å². The van der Waals surface area contributed by atoms with E-state index < -0.39 is 20.0 Å². The fourth-order valence-corrected chi connectivity index (χ4v) is 4.18. The van der Waals surface area contributed by atoms with E-state index in [0.29, 0.717) is 5.69 Å². The van der Waals surface area contributed by atoms with Crippen LogP contribution in [-0.2, 0) is 20.0 Å². The second-order valence-electron chi connectivity index (χ2n) is 4.53. The van der Waals surface area contributed by atoms with E-state index in [1.54, 1.807) is 37.3 Å². The number of rotatable bonds is 5. The molecule has 2 aromatic rings. The molecule has 22 heavy (non-hydrogen) atoms. The zero-order chi connectivity index (χ0) is 16.4. The second-order valence-corrected chi connectivity index (χ2v) is 7.95. The summed E-state index contributed by atoms with van der Waals surface area (Å²) in [6.45, 7) is 1.92. The van der Waals surface area contributed by atoms with Crippen LogP contribution in [0.25, 0.3) is 0 Å². The number of nitrogens with zero attached hydrogens (tertiary/aromatic N) is 1. The number of anilines is 1. The zero-order valence-electron chi connectivity index (χ0n) is 11.9. The van der Waals surface area contributed by atoms with Gasteiger partial charge in [-0.3, -0.25) is 4.31 Å². The van der Waals surface area contributed by atoms with Crippen LogP contribution < -0.4 is 9.44 Å². The highest BCUT2D eigenvalue weighted by Crippen LogP contribution is 2.24. The van der Waals surface area contributed by atoms with Crippen LogP contribution in [0.15, 0.2) is 64.4 Å². The molecule has 2 N–H and O–H groups in total. The van der Waals surface area contributed by atoms with Crippen LogP contribution in [0.1, 0.15) is 6.92 Å². The van der Waals surface area contributed by atoms with Gasteiger partial charge in [-0.1, -0.05) is 24.3 Å². The molecule has 2 rings (SSSR count). The first-order valence-corrected chi connectivity index (χ1v) is 9.46. The lowest BCUT2D eigenvalue weighted by atomic mass is 10.3. The largest absolute Gasteiger partial charge is 0.267 e. The van der Waals surface area contributed by atoms with Crippen LogP contribution in [0.4, 0.5) is 5.69 Å². The molecule has 0 fully saturated rings. The molecule has 0 bridgehead atoms. The van der Waals surface area contributed by atoms with Crippen molar-refractivity contribution in [3.8, 4) is 0 Å². The fraction of sp³-hybridized carbons (Fsp3) is 0.143. The Balaban J connectivity index is 2.55. The van der Waals surface area contributed by atoms with Crippen LogP contribution >= 0.6 is 0 Å². The number of benzene rings is 2. The minimum atomic E-state index is -3.97. The number of para-hydroxylation sites is 1. The van der Waals surface area contributed by atoms with Crippen molar-refractivity contribution < 1.29 is 16.8 Å². The van der Waals surface area contributed by atoms with Gasteiger partial charge in [0.1, 0.15) is 0 Å². The maximum absolute atomic E-state index is 12.7. The molecule has 6 nitrogen and oxygen atoms in total. The topological polar surface area (TPSA) is 97.5 Å². The van der Waals surface area contributed by atoms with Gasteiger partial charge in [0.05, 0.1) is 15.5 Å². The average molecular weight is 340 g/mol. The number of hydrogen-bond acceptors (Lipinski definition) is 4. The molecule has 0 amide bonds. The SMILES string of the molecule is CCN(c1ccccc1)S(=O)(=O)c1cccc(S(N)(=O)=O)c1. The molecule has 0 spiro atoms. The molecular formula is C14H16N2O4S2. The van der Waals surface area contributed by atoms with Gasteiger partial charge in [-0.15, -0.1) is 0 Å². The van der Waals surface area contributed by atoms with E-state index in [9.17, 15) is 16.8 Å². The molecule has 0 unspecified atom stereocenters. The molecule has 2 aromatic carbocycles. The van der Waals surface area contributed by atoms with Gasteiger partial charge in [0.15, 0.2) is 0 Å². The van der Waals surface area contributed by atoms with Gasteiger partial charge in [0.25, 0.3) is 10.0 Å². The molecule has 0 atom stereocenters. The number of nitrogens with two attached hydrogens (primary N) is 1. The highest BCUT2D eigenvalue weighted by atomic mass is 32.2. The van der Waals surface area contributed by atoms with Crippen molar-refractivity contribution in [3.05, 3.63) is 54.6 Å². The molecule has 0 aliphatic rings. The Bertz CT molecular complexity index is 863. The lowest BCUT2D eigenvalue weighted by molar-refractivity contribution is 0.591. The van der Waals surface area contributed by atoms with Gasteiger partial charge >= 0.3 is 0 Å². The van der Waals surface area contributed by atoms with Gasteiger partial charge < -0.3 is 0 Å². The predicted octanol–water partition coefficient (Wildman–Crippen LogP) is 1.55. The summed E-state index contributed by atoms with van der Waals surface area (Å²) >= 11 is 0. The highest BCUT2D eigenvalue weighted by molar-refractivity contribution is 7.93. The first-order chi connectivity index (χ1) is 10.3. The van der Waals surface area contributed by atoms with Gasteiger partial charge in [0.2, 0.25) is 10.0 Å². The zero-order valence-corrected chi connectivity index (χ0v) is 13.5. The van der Waals surface area contributed by atoms with E-state index in [-0.39, 0.29) is 16.3 Å². The molecule has 0 saturated heterocycles. The Labute approximate surface area is 130 Å². The molecule has 118 valence electrons. The summed E-state index contributed by atoms with van der Waals surface area (Å²) in [5.74, 6) is 0. The Morgan fingerprint density at radius 1 is 0.909 bits per heavy atom. The summed E-state index contributed by atoms with van der Waals surface area (Å²) in [6, 6.07) is 13.6. The average Bonchev–Trinajstić information content (AvgIpc) is 2.48. The Hall–Kier alpha value is -1.90. The summed E-state index contributed by atoms with van der Waals surface area (Å²) in [4.78, 5) is -0.359. The maximum atomic E-state index is 12.7. The molecule has 8 heteroatoms. The van der Waals surface area contributed by atoms with E-state index in [0.717, 1.165) is 6.07 Å². The number of primary sulfonamides is 1. The van der Waals surface area contributed by atoms with E-state index in [1.807, 2.05) is 0 Å². The van der Waals surface area contributed by atoms with Crippen molar-refractivity contribution in [1.82, 2.24) is 0 Å². The van der Waals surface area contributed by atoms with E-state index in [4.69, 9.17) is 5.14 Å². The number of sulfonamides is 2. The number of hydrogen-bond donors (Lipinski definition) is 1. The van der Waals surface area contributed by atoms with Crippen molar-refractivity contribution >= 4 is 25.7 Å². The summed E-state index contributed by atoms with van der Waals surface area (Å²) in [5, 5.41) is 5.05. The fourth-order valence-electron chi connectivity index (χ4n) is 2.02. The van der Waals surface area contributed by atoms with Gasteiger partial charge in [-0.25, -0.2) is 22.0 Å². The predicted molar refractivity (Wildman–Crippen MR) is 84.5 cm³/mol. The molecule has 0 aliphatic heterocycles. The Kier molecular flexibility index (Phi) is 4.55. The van der Waals surface area contributed by atoms with Gasteiger partial charge in [-0.2, -0.15) is 0 Å². The van der Waals surface area contributed by atoms with Crippen LogP contribution in [0.5, 0.6) is 0 Å². The van der Waals surface area contributed by atoms with Crippen LogP contribution in [0, 0.1) is 0 Å². The molecule has 0 saturated carbocycles. The van der Waals surface area contributed by atoms with Crippen LogP contribution in [-0.4, -0.2) is 23.4 Å². The Morgan fingerprint density at radius 3 is 2.05 bits per heavy atom. The van der Waals surface area contributed by atoms with E-state index >= 15 is 0 Å². The second kappa shape index (κ2) is 6.07. The third-order valence-corrected chi connectivity index (χ3v) is 5.86. The van der Waals surface area contributed by atoms with E-state index in [1.165, 1.54) is 22.5 Å². The van der Waals surface area contributed by atoms with Crippen LogP contribution in [0.2, 0.25) is 0 Å². The molecular weight excluding hydrogens is 324 g/mol. The molecule has 0 aromatic heterocycles. The van der Waals surface area contributed by atoms with Crippen molar-refractivity contribution in [2.45, 2.75) is 16.7 Å². The van der Waals surface area contributed by atoms with Crippen LogP contribution in [0.3, 0.4) is 0 Å². The third kappa shape index (κ3) is 3.29. The van der Waals surface area contributed by atoms with Gasteiger partial charge in [0, 0.05) is 6.54 Å². The van der Waals surface area contributed by atoms with Gasteiger partial charge in [-0.05, 0) is 37.3 Å². The summed E-state index contributed by atoms with van der Waals surface area (Å²) < 4.78 is 49.5. The molecule has 0 heterocycles. The molecule has 0 aliphatic carbocycles. The lowest BCUT2D eigenvalue weighted by Crippen LogP contribution is -2.30. The standard InChI is InChI=1S/C14H16N2O4S2/c1-2-16(12-7-4-3-5-8-12)22(19,20)14-10-6-9-13(11-14)21(15,17)18/h3-11H,2H2,1H3,(H2,15,17,18). The van der Waals surface area contributed by atoms with Crippen molar-refractivity contribution in [2.75, 3.05) is 10.8 Å². The lowest BCUT2D eigenvalue weighted by Gasteiger charge is -2.23. The monoisotopic (exact) mass is 340 g/mol. The quantitative estimate of drug-likeness (QED) is 0.893. The summed E-state index contributed by atoms with van der Waals surface area (Å²) in [7, 11) is -7.84. The summed E-state index contributed by atoms with van der Waals surface area (Å²) in [6.07, 6.45) is 0. The smallest absolute Gasteiger partial charge is 0.264 e. The van der Waals surface area contributed by atoms with Crippen molar-refractivity contribution in [2.24, 2.45) is 5.14 Å². The summed E-state index contributed by atoms with van der Waals surface area (Å²) in [5.41, 5.74) is 0.506. The normalized spacial score (nSPS) is 12.1.